The molecule has 2 saturated carbocycles. The van der Waals surface area contributed by atoms with Crippen LogP contribution in [-0.4, -0.2) is 47.0 Å². The lowest BCUT2D eigenvalue weighted by atomic mass is 9.50. The first kappa shape index (κ1) is 28.7. The standard InChI is InChI=1S/C33H47N3O2S2/c1-31-15-17-39-40-22-32(26(21-35-30(34)36-32)18-23-8-3-2-4-9-23)14-7-11-27-28-19-25(31)13-12-24(10-5-6-16-37)33(28,31)20-29(27)38/h2-4,8-9,24-26,37H,5-7,10-22H2,1H3,(H3,34,35,36)/t24-,25-,26-,31+,32-,33+/m1/s1. The van der Waals surface area contributed by atoms with Gasteiger partial charge in [-0.05, 0) is 92.6 Å². The molecule has 4 N–H and O–H groups in total. The van der Waals surface area contributed by atoms with Gasteiger partial charge < -0.3 is 16.2 Å². The van der Waals surface area contributed by atoms with Crippen molar-refractivity contribution in [1.82, 2.24) is 5.32 Å². The summed E-state index contributed by atoms with van der Waals surface area (Å²) in [5, 5.41) is 13.2. The maximum Gasteiger partial charge on any atom is 0.189 e. The second-order valence-electron chi connectivity index (χ2n) is 13.4. The van der Waals surface area contributed by atoms with Crippen molar-refractivity contribution in [3.05, 3.63) is 47.0 Å². The monoisotopic (exact) mass is 581 g/mol. The van der Waals surface area contributed by atoms with Crippen molar-refractivity contribution in [3.63, 3.8) is 0 Å². The number of nitrogens with one attached hydrogen (secondary N) is 1. The summed E-state index contributed by atoms with van der Waals surface area (Å²) in [5.41, 5.74) is 10.6. The van der Waals surface area contributed by atoms with Gasteiger partial charge in [-0.15, -0.1) is 0 Å². The van der Waals surface area contributed by atoms with E-state index in [9.17, 15) is 9.90 Å². The van der Waals surface area contributed by atoms with E-state index in [1.807, 2.05) is 21.6 Å². The molecule has 1 aromatic carbocycles. The number of ketones is 1. The van der Waals surface area contributed by atoms with E-state index < -0.39 is 0 Å². The Morgan fingerprint density at radius 1 is 1.12 bits per heavy atom. The molecule has 0 aromatic heterocycles. The Bertz CT molecular complexity index is 1160. The zero-order valence-electron chi connectivity index (χ0n) is 24.1. The Labute approximate surface area is 248 Å². The second kappa shape index (κ2) is 11.7. The van der Waals surface area contributed by atoms with Gasteiger partial charge in [-0.25, -0.2) is 0 Å². The fourth-order valence-electron chi connectivity index (χ4n) is 9.60. The van der Waals surface area contributed by atoms with Crippen LogP contribution in [0, 0.1) is 28.6 Å². The van der Waals surface area contributed by atoms with Crippen LogP contribution in [0.4, 0.5) is 0 Å². The Morgan fingerprint density at radius 2 is 1.98 bits per heavy atom. The zero-order chi connectivity index (χ0) is 27.8. The summed E-state index contributed by atoms with van der Waals surface area (Å²) in [7, 11) is 4.06. The lowest BCUT2D eigenvalue weighted by Gasteiger charge is -2.54. The van der Waals surface area contributed by atoms with Gasteiger partial charge in [0.05, 0.1) is 5.54 Å². The number of nitrogens with zero attached hydrogens (tertiary/aromatic N) is 1. The predicted octanol–water partition coefficient (Wildman–Crippen LogP) is 6.31. The number of hydrogen-bond donors (Lipinski definition) is 3. The number of hydrogen-bond acceptors (Lipinski definition) is 7. The third-order valence-corrected chi connectivity index (χ3v) is 14.2. The van der Waals surface area contributed by atoms with Crippen LogP contribution in [-0.2, 0) is 11.2 Å². The molecule has 2 aliphatic heterocycles. The van der Waals surface area contributed by atoms with E-state index in [0.717, 1.165) is 75.8 Å². The fourth-order valence-corrected chi connectivity index (χ4v) is 12.5. The average molecular weight is 582 g/mol. The number of rotatable bonds is 6. The summed E-state index contributed by atoms with van der Waals surface area (Å²) in [6.07, 6.45) is 12.6. The minimum atomic E-state index is -0.121. The lowest BCUT2D eigenvalue weighted by molar-refractivity contribution is -0.121. The molecular weight excluding hydrogens is 535 g/mol. The normalized spacial score (nSPS) is 37.9. The van der Waals surface area contributed by atoms with Gasteiger partial charge >= 0.3 is 0 Å². The van der Waals surface area contributed by atoms with Crippen molar-refractivity contribution in [2.45, 2.75) is 89.5 Å². The van der Waals surface area contributed by atoms with Crippen molar-refractivity contribution in [2.24, 2.45) is 39.3 Å². The molecule has 0 saturated heterocycles. The van der Waals surface area contributed by atoms with Crippen LogP contribution < -0.4 is 11.1 Å². The summed E-state index contributed by atoms with van der Waals surface area (Å²) in [5.74, 6) is 4.81. The van der Waals surface area contributed by atoms with E-state index in [-0.39, 0.29) is 23.0 Å². The number of nitrogens with two attached hydrogens (primary N) is 1. The van der Waals surface area contributed by atoms with Crippen molar-refractivity contribution < 1.29 is 9.90 Å². The van der Waals surface area contributed by atoms with Crippen LogP contribution in [0.1, 0.15) is 83.1 Å². The van der Waals surface area contributed by atoms with Crippen molar-refractivity contribution >= 4 is 33.3 Å². The molecular formula is C33H47N3O2S2. The number of aliphatic imine (C=N–C) groups is 1. The molecule has 0 amide bonds. The van der Waals surface area contributed by atoms with Gasteiger partial charge in [0.2, 0.25) is 0 Å². The number of guanidine groups is 1. The van der Waals surface area contributed by atoms with Gasteiger partial charge in [-0.1, -0.05) is 70.8 Å². The Balaban J connectivity index is 1.31. The molecule has 0 radical (unpaired) electrons. The first-order valence-electron chi connectivity index (χ1n) is 15.6. The van der Waals surface area contributed by atoms with Gasteiger partial charge in [0.25, 0.3) is 0 Å². The number of aliphatic hydroxyl groups excluding tert-OH is 1. The Morgan fingerprint density at radius 3 is 2.80 bits per heavy atom. The van der Waals surface area contributed by atoms with Crippen molar-refractivity contribution in [2.75, 3.05) is 24.7 Å². The highest BCUT2D eigenvalue weighted by Crippen LogP contribution is 2.74. The summed E-state index contributed by atoms with van der Waals surface area (Å²) < 4.78 is 0. The van der Waals surface area contributed by atoms with E-state index >= 15 is 0 Å². The number of unbranched alkanes of at least 4 members (excludes halogenated alkanes) is 1. The maximum atomic E-state index is 13.9. The largest absolute Gasteiger partial charge is 0.396 e. The van der Waals surface area contributed by atoms with Crippen molar-refractivity contribution in [3.8, 4) is 0 Å². The molecule has 2 heterocycles. The molecule has 2 fully saturated rings. The molecule has 5 aliphatic rings. The predicted molar refractivity (Wildman–Crippen MR) is 168 cm³/mol. The van der Waals surface area contributed by atoms with E-state index in [1.54, 1.807) is 5.57 Å². The third-order valence-electron chi connectivity index (χ3n) is 11.7. The first-order valence-corrected chi connectivity index (χ1v) is 18.1. The molecule has 1 aromatic rings. The van der Waals surface area contributed by atoms with Crippen LogP contribution in [0.25, 0.3) is 0 Å². The topological polar surface area (TPSA) is 87.7 Å². The van der Waals surface area contributed by atoms with Crippen LogP contribution in [0.3, 0.4) is 0 Å². The van der Waals surface area contributed by atoms with Gasteiger partial charge in [0.15, 0.2) is 11.7 Å². The summed E-state index contributed by atoms with van der Waals surface area (Å²) in [6, 6.07) is 10.8. The molecule has 218 valence electrons. The van der Waals surface area contributed by atoms with Crippen LogP contribution in [0.2, 0.25) is 0 Å². The van der Waals surface area contributed by atoms with Crippen LogP contribution in [0.15, 0.2) is 46.5 Å². The summed E-state index contributed by atoms with van der Waals surface area (Å²) in [4.78, 5) is 18.5. The molecule has 3 aliphatic carbocycles. The quantitative estimate of drug-likeness (QED) is 0.270. The minimum Gasteiger partial charge on any atom is -0.396 e. The van der Waals surface area contributed by atoms with Gasteiger partial charge in [0, 0.05) is 42.4 Å². The number of allylic oxidation sites excluding steroid dienone is 2. The van der Waals surface area contributed by atoms with Crippen LogP contribution in [0.5, 0.6) is 0 Å². The highest BCUT2D eigenvalue weighted by molar-refractivity contribution is 8.76. The first-order chi connectivity index (χ1) is 19.4. The molecule has 5 nitrogen and oxygen atoms in total. The maximum absolute atomic E-state index is 13.9. The molecule has 6 rings (SSSR count). The number of carbonyl (C=O) groups is 1. The number of Topliss-reactive ketones (excluding diaryl/α,β-unsaturated/α-hetero) is 1. The van der Waals surface area contributed by atoms with E-state index in [4.69, 9.17) is 5.73 Å². The van der Waals surface area contributed by atoms with E-state index in [1.165, 1.54) is 30.4 Å². The highest BCUT2D eigenvalue weighted by Gasteiger charge is 2.67. The molecule has 5 bridgehead atoms. The Hall–Kier alpha value is -1.44. The smallest absolute Gasteiger partial charge is 0.189 e. The third kappa shape index (κ3) is 4.86. The highest BCUT2D eigenvalue weighted by atomic mass is 33.1. The lowest BCUT2D eigenvalue weighted by Crippen LogP contribution is -2.61. The van der Waals surface area contributed by atoms with E-state index in [2.05, 4.69) is 47.6 Å². The SMILES string of the molecule is C[C@]12CCSSC[C@@]3(CCCC4=C5C[C@H]1CC[C@@H](CCCCO)[C@@]52CC4=O)NC(N)=NC[C@H]3Cc1ccccc1. The number of aliphatic hydroxyl groups is 1. The van der Waals surface area contributed by atoms with E-state index in [0.29, 0.717) is 29.5 Å². The number of benzene rings is 1. The summed E-state index contributed by atoms with van der Waals surface area (Å²) >= 11 is 0. The fraction of sp³-hybridized carbons (Fsp3) is 0.697. The number of carbonyl (C=O) groups excluding carboxylic acids is 1. The molecule has 40 heavy (non-hydrogen) atoms. The zero-order valence-corrected chi connectivity index (χ0v) is 25.8. The van der Waals surface area contributed by atoms with Gasteiger partial charge in [-0.2, -0.15) is 0 Å². The van der Waals surface area contributed by atoms with Crippen molar-refractivity contribution in [1.29, 1.82) is 0 Å². The van der Waals surface area contributed by atoms with Gasteiger partial charge in [0.1, 0.15) is 0 Å². The van der Waals surface area contributed by atoms with Gasteiger partial charge in [-0.3, -0.25) is 9.79 Å². The minimum absolute atomic E-state index is 0.0603. The van der Waals surface area contributed by atoms with Crippen LogP contribution >= 0.6 is 21.6 Å². The molecule has 6 atom stereocenters. The molecule has 0 unspecified atom stereocenters. The molecule has 7 heteroatoms. The average Bonchev–Trinajstić information content (AvgIpc) is 3.27. The molecule has 2 spiro atoms. The summed E-state index contributed by atoms with van der Waals surface area (Å²) in [6.45, 7) is 3.59. The Kier molecular flexibility index (Phi) is 8.37. The second-order valence-corrected chi connectivity index (χ2v) is 16.0.